The molecule has 3 aliphatic carbocycles. The van der Waals surface area contributed by atoms with E-state index in [1.54, 1.807) is 12.1 Å². The van der Waals surface area contributed by atoms with Crippen molar-refractivity contribution in [3.63, 3.8) is 0 Å². The molecule has 0 bridgehead atoms. The number of piperidine rings is 2. The third kappa shape index (κ3) is 4.96. The number of hydrogen-bond acceptors (Lipinski definition) is 5. The normalized spacial score (nSPS) is 27.2. The maximum atomic E-state index is 12.5. The molecule has 0 N–H and O–H groups in total. The van der Waals surface area contributed by atoms with Gasteiger partial charge in [-0.2, -0.15) is 0 Å². The molecule has 4 fully saturated rings. The van der Waals surface area contributed by atoms with Crippen LogP contribution in [0, 0.1) is 11.8 Å². The molecule has 6 nitrogen and oxygen atoms in total. The first-order chi connectivity index (χ1) is 21.5. The van der Waals surface area contributed by atoms with Crippen LogP contribution in [0.1, 0.15) is 77.0 Å². The second-order valence-corrected chi connectivity index (χ2v) is 15.0. The molecule has 230 valence electrons. The molecule has 3 aliphatic heterocycles. The van der Waals surface area contributed by atoms with E-state index in [9.17, 15) is 13.0 Å². The largest absolute Gasteiger partial charge is 0.744 e. The quantitative estimate of drug-likeness (QED) is 0.137. The second kappa shape index (κ2) is 11.3. The summed E-state index contributed by atoms with van der Waals surface area (Å²) in [5, 5.41) is 2.00. The lowest BCUT2D eigenvalue weighted by molar-refractivity contribution is 0.181. The lowest BCUT2D eigenvalue weighted by atomic mass is 9.78. The maximum absolute atomic E-state index is 12.5. The first-order valence-corrected chi connectivity index (χ1v) is 18.3. The molecule has 2 aromatic carbocycles. The summed E-state index contributed by atoms with van der Waals surface area (Å²) in [5.41, 5.74) is 3.91. The van der Waals surface area contributed by atoms with Crippen LogP contribution < -0.4 is 14.8 Å². The van der Waals surface area contributed by atoms with E-state index in [2.05, 4.69) is 45.9 Å². The van der Waals surface area contributed by atoms with Gasteiger partial charge in [0.25, 0.3) is 0 Å². The van der Waals surface area contributed by atoms with Crippen molar-refractivity contribution in [1.82, 2.24) is 4.58 Å². The summed E-state index contributed by atoms with van der Waals surface area (Å²) in [7, 11) is -4.69. The van der Waals surface area contributed by atoms with Crippen LogP contribution in [-0.2, 0) is 10.1 Å². The number of hydrogen-bond donors (Lipinski definition) is 0. The number of fused-ring (bicyclic) bond motifs is 4. The Morgan fingerprint density at radius 3 is 2.43 bits per heavy atom. The summed E-state index contributed by atoms with van der Waals surface area (Å²) in [6, 6.07) is 20.6. The zero-order valence-corrected chi connectivity index (χ0v) is 26.2. The van der Waals surface area contributed by atoms with E-state index in [0.29, 0.717) is 17.6 Å². The molecule has 3 heterocycles. The van der Waals surface area contributed by atoms with Crippen molar-refractivity contribution in [2.75, 3.05) is 18.0 Å². The molecule has 4 unspecified atom stereocenters. The Morgan fingerprint density at radius 2 is 1.55 bits per heavy atom. The van der Waals surface area contributed by atoms with E-state index in [4.69, 9.17) is 4.42 Å². The fourth-order valence-corrected chi connectivity index (χ4v) is 9.98. The molecule has 8 rings (SSSR count). The second-order valence-electron chi connectivity index (χ2n) is 13.7. The number of rotatable bonds is 3. The SMILES string of the molecule is O=S(=O)([O-])c1ccccc1-c1c2ccc(=[N+]3CCCC4CCCCC43)cc-2oc2cc(N3CCCC4CCCCC43)ccc12. The van der Waals surface area contributed by atoms with Gasteiger partial charge >= 0.3 is 0 Å². The van der Waals surface area contributed by atoms with Gasteiger partial charge in [-0.25, -0.2) is 13.0 Å². The molecule has 4 atom stereocenters. The Labute approximate surface area is 260 Å². The van der Waals surface area contributed by atoms with Gasteiger partial charge in [-0.3, -0.25) is 0 Å². The van der Waals surface area contributed by atoms with Crippen molar-refractivity contribution < 1.29 is 17.4 Å². The van der Waals surface area contributed by atoms with Gasteiger partial charge in [0.05, 0.1) is 11.0 Å². The van der Waals surface area contributed by atoms with Crippen LogP contribution in [0.4, 0.5) is 5.69 Å². The molecule has 6 aliphatic rings. The van der Waals surface area contributed by atoms with Gasteiger partial charge in [0.1, 0.15) is 28.0 Å². The zero-order valence-electron chi connectivity index (χ0n) is 25.4. The highest BCUT2D eigenvalue weighted by molar-refractivity contribution is 7.85. The fraction of sp³-hybridized carbons (Fsp3) is 0.486. The summed E-state index contributed by atoms with van der Waals surface area (Å²) in [4.78, 5) is 2.40. The highest BCUT2D eigenvalue weighted by Gasteiger charge is 2.37. The Balaban J connectivity index is 1.35. The third-order valence-electron chi connectivity index (χ3n) is 11.3. The third-order valence-corrected chi connectivity index (χ3v) is 12.2. The minimum absolute atomic E-state index is 0.191. The molecule has 7 heteroatoms. The van der Waals surface area contributed by atoms with Gasteiger partial charge < -0.3 is 13.9 Å². The first kappa shape index (κ1) is 28.3. The van der Waals surface area contributed by atoms with Crippen LogP contribution in [0.15, 0.2) is 70.0 Å². The van der Waals surface area contributed by atoms with E-state index in [0.717, 1.165) is 52.8 Å². The topological polar surface area (TPSA) is 76.6 Å². The molecule has 2 aromatic rings. The Hall–Kier alpha value is -3.16. The molecule has 44 heavy (non-hydrogen) atoms. The summed E-state index contributed by atoms with van der Waals surface area (Å²) in [6.07, 6.45) is 15.4. The van der Waals surface area contributed by atoms with Crippen molar-refractivity contribution >= 4 is 26.8 Å². The lowest BCUT2D eigenvalue weighted by Crippen LogP contribution is -2.48. The zero-order chi connectivity index (χ0) is 29.8. The maximum Gasteiger partial charge on any atom is 0.203 e. The van der Waals surface area contributed by atoms with Gasteiger partial charge in [0.15, 0.2) is 6.04 Å². The van der Waals surface area contributed by atoms with Crippen molar-refractivity contribution in [2.24, 2.45) is 11.8 Å². The number of anilines is 1. The van der Waals surface area contributed by atoms with Crippen LogP contribution in [0.25, 0.3) is 33.4 Å². The molecule has 0 radical (unpaired) electrons. The molecule has 2 saturated heterocycles. The van der Waals surface area contributed by atoms with E-state index < -0.39 is 10.1 Å². The number of benzene rings is 3. The molecule has 0 spiro atoms. The Morgan fingerprint density at radius 1 is 0.773 bits per heavy atom. The van der Waals surface area contributed by atoms with Crippen molar-refractivity contribution in [2.45, 2.75) is 94.0 Å². The van der Waals surface area contributed by atoms with E-state index in [1.165, 1.54) is 94.2 Å². The predicted octanol–water partition coefficient (Wildman–Crippen LogP) is 7.39. The Kier molecular flexibility index (Phi) is 7.29. The van der Waals surface area contributed by atoms with E-state index in [1.807, 2.05) is 6.07 Å². The molecule has 0 aromatic heterocycles. The van der Waals surface area contributed by atoms with Gasteiger partial charge in [0.2, 0.25) is 5.36 Å². The number of nitrogens with zero attached hydrogens (tertiary/aromatic N) is 2. The van der Waals surface area contributed by atoms with E-state index in [-0.39, 0.29) is 4.90 Å². The van der Waals surface area contributed by atoms with Crippen LogP contribution in [0.2, 0.25) is 0 Å². The summed E-state index contributed by atoms with van der Waals surface area (Å²) >= 11 is 0. The minimum atomic E-state index is -4.69. The average Bonchev–Trinajstić information content (AvgIpc) is 3.06. The van der Waals surface area contributed by atoms with Crippen LogP contribution in [-0.4, -0.2) is 38.1 Å². The van der Waals surface area contributed by atoms with Gasteiger partial charge in [-0.05, 0) is 75.1 Å². The van der Waals surface area contributed by atoms with Crippen LogP contribution >= 0.6 is 0 Å². The van der Waals surface area contributed by atoms with Gasteiger partial charge in [-0.15, -0.1) is 0 Å². The monoisotopic (exact) mass is 610 g/mol. The fourth-order valence-electron chi connectivity index (χ4n) is 9.30. The Bertz CT molecular complexity index is 1860. The molecular weight excluding hydrogens is 568 g/mol. The predicted molar refractivity (Wildman–Crippen MR) is 174 cm³/mol. The van der Waals surface area contributed by atoms with Crippen molar-refractivity contribution in [3.8, 4) is 22.5 Å². The average molecular weight is 611 g/mol. The highest BCUT2D eigenvalue weighted by Crippen LogP contribution is 2.44. The first-order valence-electron chi connectivity index (χ1n) is 16.9. The molecular formula is C37H42N2O4S. The van der Waals surface area contributed by atoms with Gasteiger partial charge in [0, 0.05) is 71.2 Å². The standard InChI is InChI=1S/C37H42N2O4S/c40-44(41,42)36-16-6-3-13-31(36)37-29-19-17-27(38-21-7-11-25-9-1-4-14-32(25)38)23-34(29)43-35-24-28(18-20-30(35)37)39-22-8-12-26-10-2-5-15-33(26)39/h3,6,13,16-20,23-26,32-33H,1-2,4-5,7-12,14-15,21-22H2. The lowest BCUT2D eigenvalue weighted by Gasteiger charge is -2.45. The minimum Gasteiger partial charge on any atom is -0.744 e. The summed E-state index contributed by atoms with van der Waals surface area (Å²) < 4.78 is 46.9. The summed E-state index contributed by atoms with van der Waals surface area (Å²) in [6.45, 7) is 2.10. The van der Waals surface area contributed by atoms with Gasteiger partial charge in [-0.1, -0.05) is 37.5 Å². The van der Waals surface area contributed by atoms with Crippen LogP contribution in [0.3, 0.4) is 0 Å². The van der Waals surface area contributed by atoms with Crippen LogP contribution in [0.5, 0.6) is 0 Å². The highest BCUT2D eigenvalue weighted by atomic mass is 32.2. The van der Waals surface area contributed by atoms with Crippen molar-refractivity contribution in [1.29, 1.82) is 0 Å². The molecule has 0 amide bonds. The summed E-state index contributed by atoms with van der Waals surface area (Å²) in [5.74, 6) is 2.23. The molecule has 2 saturated carbocycles. The van der Waals surface area contributed by atoms with E-state index >= 15 is 0 Å². The smallest absolute Gasteiger partial charge is 0.203 e. The van der Waals surface area contributed by atoms with Crippen molar-refractivity contribution in [3.05, 3.63) is 66.0 Å².